The summed E-state index contributed by atoms with van der Waals surface area (Å²) in [4.78, 5) is 24.5. The molecular formula is C21H22N6O3. The van der Waals surface area contributed by atoms with Gasteiger partial charge in [0.1, 0.15) is 12.1 Å². The van der Waals surface area contributed by atoms with E-state index in [-0.39, 0.29) is 5.56 Å². The molecule has 5 rings (SSSR count). The van der Waals surface area contributed by atoms with Crippen LogP contribution in [0.3, 0.4) is 0 Å². The molecule has 0 N–H and O–H groups in total. The summed E-state index contributed by atoms with van der Waals surface area (Å²) in [5, 5.41) is 4.85. The molecule has 0 amide bonds. The fraction of sp³-hybridized carbons (Fsp3) is 0.333. The number of pyridine rings is 1. The van der Waals surface area contributed by atoms with Gasteiger partial charge in [-0.2, -0.15) is 14.6 Å². The fourth-order valence-electron chi connectivity index (χ4n) is 3.83. The van der Waals surface area contributed by atoms with E-state index in [1.807, 2.05) is 36.5 Å². The number of nitrogens with zero attached hydrogens (tertiary/aromatic N) is 6. The van der Waals surface area contributed by atoms with E-state index in [9.17, 15) is 4.79 Å². The molecule has 1 saturated heterocycles. The van der Waals surface area contributed by atoms with E-state index in [0.29, 0.717) is 28.9 Å². The first-order chi connectivity index (χ1) is 14.7. The summed E-state index contributed by atoms with van der Waals surface area (Å²) in [5.41, 5.74) is 2.05. The molecule has 1 aliphatic heterocycles. The van der Waals surface area contributed by atoms with Gasteiger partial charge >= 0.3 is 0 Å². The van der Waals surface area contributed by atoms with Crippen LogP contribution in [0.2, 0.25) is 0 Å². The zero-order valence-electron chi connectivity index (χ0n) is 16.7. The van der Waals surface area contributed by atoms with Crippen LogP contribution in [0.1, 0.15) is 0 Å². The average molecular weight is 406 g/mol. The smallest absolute Gasteiger partial charge is 0.262 e. The van der Waals surface area contributed by atoms with Crippen LogP contribution in [0, 0.1) is 0 Å². The van der Waals surface area contributed by atoms with Crippen LogP contribution in [0.15, 0.2) is 47.7 Å². The maximum Gasteiger partial charge on any atom is 0.262 e. The van der Waals surface area contributed by atoms with Gasteiger partial charge in [0.25, 0.3) is 11.3 Å². The van der Waals surface area contributed by atoms with Crippen LogP contribution in [0.5, 0.6) is 5.75 Å². The van der Waals surface area contributed by atoms with Gasteiger partial charge in [-0.15, -0.1) is 0 Å². The average Bonchev–Trinajstić information content (AvgIpc) is 3.26. The second-order valence-electron chi connectivity index (χ2n) is 7.19. The molecule has 4 aromatic rings. The normalized spacial score (nSPS) is 15.1. The summed E-state index contributed by atoms with van der Waals surface area (Å²) in [6, 6.07) is 9.44. The predicted molar refractivity (Wildman–Crippen MR) is 112 cm³/mol. The van der Waals surface area contributed by atoms with Crippen LogP contribution in [0.4, 0.5) is 0 Å². The minimum Gasteiger partial charge on any atom is -0.497 e. The molecule has 9 heteroatoms. The largest absolute Gasteiger partial charge is 0.497 e. The Morgan fingerprint density at radius 2 is 1.90 bits per heavy atom. The minimum absolute atomic E-state index is 0.0866. The molecule has 4 heterocycles. The van der Waals surface area contributed by atoms with Crippen LogP contribution in [-0.4, -0.2) is 69.0 Å². The third-order valence-electron chi connectivity index (χ3n) is 5.47. The van der Waals surface area contributed by atoms with Crippen LogP contribution in [-0.2, 0) is 11.3 Å². The van der Waals surface area contributed by atoms with Crippen molar-refractivity contribution in [3.8, 4) is 17.0 Å². The molecule has 0 saturated carbocycles. The van der Waals surface area contributed by atoms with Crippen LogP contribution < -0.4 is 10.3 Å². The van der Waals surface area contributed by atoms with E-state index in [1.165, 1.54) is 6.33 Å². The zero-order valence-corrected chi connectivity index (χ0v) is 16.7. The Morgan fingerprint density at radius 1 is 1.10 bits per heavy atom. The van der Waals surface area contributed by atoms with Crippen LogP contribution in [0.25, 0.3) is 27.9 Å². The first kappa shape index (κ1) is 18.7. The number of rotatable bonds is 5. The van der Waals surface area contributed by atoms with E-state index < -0.39 is 0 Å². The number of morpholine rings is 1. The van der Waals surface area contributed by atoms with Crippen molar-refractivity contribution < 1.29 is 9.47 Å². The topological polar surface area (TPSA) is 86.8 Å². The molecule has 154 valence electrons. The van der Waals surface area contributed by atoms with E-state index >= 15 is 0 Å². The van der Waals surface area contributed by atoms with Crippen molar-refractivity contribution in [3.63, 3.8) is 0 Å². The quantitative estimate of drug-likeness (QED) is 0.496. The molecular weight excluding hydrogens is 384 g/mol. The maximum atomic E-state index is 13.5. The van der Waals surface area contributed by atoms with Gasteiger partial charge in [0.2, 0.25) is 0 Å². The number of ether oxygens (including phenoxy) is 2. The van der Waals surface area contributed by atoms with E-state index in [0.717, 1.165) is 44.2 Å². The Bertz CT molecular complexity index is 1240. The lowest BCUT2D eigenvalue weighted by Gasteiger charge is -2.26. The highest BCUT2D eigenvalue weighted by Gasteiger charge is 2.18. The molecule has 30 heavy (non-hydrogen) atoms. The first-order valence-electron chi connectivity index (χ1n) is 9.92. The SMILES string of the molecule is COc1ccc(-c2c3c(=O)n(CCN4CCOCC4)ccc3nc3ncnn23)cc1. The highest BCUT2D eigenvalue weighted by molar-refractivity contribution is 5.93. The van der Waals surface area contributed by atoms with Gasteiger partial charge in [-0.3, -0.25) is 9.69 Å². The van der Waals surface area contributed by atoms with E-state index in [4.69, 9.17) is 9.47 Å². The van der Waals surface area contributed by atoms with Crippen molar-refractivity contribution in [2.75, 3.05) is 40.0 Å². The lowest BCUT2D eigenvalue weighted by Crippen LogP contribution is -2.39. The fourth-order valence-corrected chi connectivity index (χ4v) is 3.83. The van der Waals surface area contributed by atoms with Crippen molar-refractivity contribution >= 4 is 16.7 Å². The van der Waals surface area contributed by atoms with Crippen molar-refractivity contribution in [1.29, 1.82) is 0 Å². The molecule has 1 aliphatic rings. The highest BCUT2D eigenvalue weighted by Crippen LogP contribution is 2.27. The van der Waals surface area contributed by atoms with Gasteiger partial charge in [-0.1, -0.05) is 0 Å². The van der Waals surface area contributed by atoms with Gasteiger partial charge in [0.05, 0.1) is 36.9 Å². The summed E-state index contributed by atoms with van der Waals surface area (Å²) >= 11 is 0. The third-order valence-corrected chi connectivity index (χ3v) is 5.47. The lowest BCUT2D eigenvalue weighted by atomic mass is 10.1. The molecule has 0 unspecified atom stereocenters. The number of hydrogen-bond donors (Lipinski definition) is 0. The molecule has 0 radical (unpaired) electrons. The summed E-state index contributed by atoms with van der Waals surface area (Å²) in [6.45, 7) is 4.66. The Balaban J connectivity index is 1.63. The molecule has 1 aromatic carbocycles. The molecule has 3 aromatic heterocycles. The van der Waals surface area contributed by atoms with Gasteiger partial charge < -0.3 is 14.0 Å². The maximum absolute atomic E-state index is 13.5. The minimum atomic E-state index is -0.0866. The number of fused-ring (bicyclic) bond motifs is 2. The standard InChI is InChI=1S/C21H22N6O3/c1-29-16-4-2-15(3-5-16)19-18-17(24-21-22-14-23-27(19)21)6-7-26(20(18)28)9-8-25-10-12-30-13-11-25/h2-7,14H,8-13H2,1H3. The van der Waals surface area contributed by atoms with Crippen LogP contribution >= 0.6 is 0 Å². The summed E-state index contributed by atoms with van der Waals surface area (Å²) < 4.78 is 14.0. The summed E-state index contributed by atoms with van der Waals surface area (Å²) in [6.07, 6.45) is 3.26. The zero-order chi connectivity index (χ0) is 20.5. The second kappa shape index (κ2) is 7.85. The van der Waals surface area contributed by atoms with Crippen molar-refractivity contribution in [1.82, 2.24) is 29.0 Å². The first-order valence-corrected chi connectivity index (χ1v) is 9.92. The molecule has 0 aliphatic carbocycles. The Hall–Kier alpha value is -3.30. The Labute approximate surface area is 172 Å². The number of benzene rings is 1. The van der Waals surface area contributed by atoms with E-state index in [1.54, 1.807) is 16.2 Å². The number of methoxy groups -OCH3 is 1. The molecule has 0 spiro atoms. The summed E-state index contributed by atoms with van der Waals surface area (Å²) in [7, 11) is 1.62. The molecule has 9 nitrogen and oxygen atoms in total. The van der Waals surface area contributed by atoms with Gasteiger partial charge in [-0.05, 0) is 30.3 Å². The number of aromatic nitrogens is 5. The molecule has 0 atom stereocenters. The predicted octanol–water partition coefficient (Wildman–Crippen LogP) is 1.45. The summed E-state index contributed by atoms with van der Waals surface area (Å²) in [5.74, 6) is 1.20. The van der Waals surface area contributed by atoms with Crippen molar-refractivity contribution in [2.45, 2.75) is 6.54 Å². The number of hydrogen-bond acceptors (Lipinski definition) is 7. The molecule has 0 bridgehead atoms. The Morgan fingerprint density at radius 3 is 2.67 bits per heavy atom. The van der Waals surface area contributed by atoms with Crippen molar-refractivity contribution in [3.05, 3.63) is 53.2 Å². The van der Waals surface area contributed by atoms with Gasteiger partial charge in [0.15, 0.2) is 0 Å². The lowest BCUT2D eigenvalue weighted by molar-refractivity contribution is 0.0363. The van der Waals surface area contributed by atoms with Crippen molar-refractivity contribution in [2.24, 2.45) is 0 Å². The second-order valence-corrected chi connectivity index (χ2v) is 7.19. The van der Waals surface area contributed by atoms with Gasteiger partial charge in [-0.25, -0.2) is 4.98 Å². The Kier molecular flexibility index (Phi) is 4.89. The highest BCUT2D eigenvalue weighted by atomic mass is 16.5. The van der Waals surface area contributed by atoms with E-state index in [2.05, 4.69) is 20.0 Å². The third kappa shape index (κ3) is 3.31. The molecule has 1 fully saturated rings. The monoisotopic (exact) mass is 406 g/mol. The van der Waals surface area contributed by atoms with Gasteiger partial charge in [0, 0.05) is 37.9 Å².